The molecule has 2 rings (SSSR count). The van der Waals surface area contributed by atoms with Crippen LogP contribution in [0.3, 0.4) is 0 Å². The van der Waals surface area contributed by atoms with Gasteiger partial charge in [0.15, 0.2) is 5.83 Å². The molecule has 2 aliphatic rings. The van der Waals surface area contributed by atoms with Crippen molar-refractivity contribution in [2.75, 3.05) is 0 Å². The summed E-state index contributed by atoms with van der Waals surface area (Å²) in [4.78, 5) is 11.9. The Kier molecular flexibility index (Phi) is 4.81. The third kappa shape index (κ3) is 3.46. The summed E-state index contributed by atoms with van der Waals surface area (Å²) >= 11 is 0. The predicted octanol–water partition coefficient (Wildman–Crippen LogP) is 3.49. The molecule has 2 saturated heterocycles. The highest BCUT2D eigenvalue weighted by molar-refractivity contribution is 7.86. The molecule has 2 nitrogen and oxygen atoms in total. The average molecular weight is 294 g/mol. The SMILES string of the molecule is O=C(CCC(F)=C(F)F)C1CC2CCCC(C1)S2=O. The quantitative estimate of drug-likeness (QED) is 0.795. The predicted molar refractivity (Wildman–Crippen MR) is 66.9 cm³/mol. The molecule has 2 heterocycles. The maximum Gasteiger partial charge on any atom is 0.301 e. The molecular formula is C13H17F3O2S. The van der Waals surface area contributed by atoms with Crippen LogP contribution >= 0.6 is 0 Å². The molecule has 108 valence electrons. The van der Waals surface area contributed by atoms with E-state index in [0.29, 0.717) is 12.8 Å². The summed E-state index contributed by atoms with van der Waals surface area (Å²) < 4.78 is 48.5. The first-order valence-corrected chi connectivity index (χ1v) is 7.88. The first-order chi connectivity index (χ1) is 8.99. The second-order valence-electron chi connectivity index (χ2n) is 5.30. The van der Waals surface area contributed by atoms with Gasteiger partial charge in [-0.05, 0) is 25.7 Å². The Bertz CT molecular complexity index is 402. The second kappa shape index (κ2) is 6.20. The normalized spacial score (nSPS) is 33.8. The van der Waals surface area contributed by atoms with Gasteiger partial charge in [-0.15, -0.1) is 0 Å². The molecule has 0 aromatic carbocycles. The van der Waals surface area contributed by atoms with E-state index in [-0.39, 0.29) is 28.6 Å². The number of ketones is 1. The van der Waals surface area contributed by atoms with E-state index in [0.717, 1.165) is 19.3 Å². The Morgan fingerprint density at radius 2 is 1.63 bits per heavy atom. The lowest BCUT2D eigenvalue weighted by Crippen LogP contribution is -2.41. The van der Waals surface area contributed by atoms with E-state index in [1.54, 1.807) is 0 Å². The van der Waals surface area contributed by atoms with Gasteiger partial charge in [-0.1, -0.05) is 6.42 Å². The third-order valence-corrected chi connectivity index (χ3v) is 6.23. The van der Waals surface area contributed by atoms with E-state index in [2.05, 4.69) is 0 Å². The number of carbonyl (C=O) groups excluding carboxylic acids is 1. The van der Waals surface area contributed by atoms with Crippen molar-refractivity contribution >= 4 is 16.6 Å². The number of halogens is 3. The Morgan fingerprint density at radius 1 is 1.05 bits per heavy atom. The van der Waals surface area contributed by atoms with Gasteiger partial charge in [0.05, 0.1) is 0 Å². The van der Waals surface area contributed by atoms with Crippen LogP contribution in [-0.2, 0) is 15.6 Å². The van der Waals surface area contributed by atoms with Crippen LogP contribution in [0.5, 0.6) is 0 Å². The summed E-state index contributed by atoms with van der Waals surface area (Å²) in [6, 6.07) is 0. The highest BCUT2D eigenvalue weighted by atomic mass is 32.2. The fourth-order valence-corrected chi connectivity index (χ4v) is 5.21. The van der Waals surface area contributed by atoms with Crippen LogP contribution in [0.2, 0.25) is 0 Å². The van der Waals surface area contributed by atoms with Gasteiger partial charge in [-0.2, -0.15) is 8.78 Å². The molecule has 0 N–H and O–H groups in total. The summed E-state index contributed by atoms with van der Waals surface area (Å²) in [6.07, 6.45) is 0.911. The topological polar surface area (TPSA) is 34.1 Å². The second-order valence-corrected chi connectivity index (χ2v) is 7.29. The summed E-state index contributed by atoms with van der Waals surface area (Å²) in [5.41, 5.74) is 0. The van der Waals surface area contributed by atoms with Crippen LogP contribution in [0, 0.1) is 5.92 Å². The van der Waals surface area contributed by atoms with Crippen molar-refractivity contribution in [3.05, 3.63) is 11.9 Å². The lowest BCUT2D eigenvalue weighted by Gasteiger charge is -2.37. The van der Waals surface area contributed by atoms with Crippen LogP contribution in [0.25, 0.3) is 0 Å². The lowest BCUT2D eigenvalue weighted by molar-refractivity contribution is -0.123. The Hall–Kier alpha value is -0.650. The van der Waals surface area contributed by atoms with E-state index < -0.39 is 29.1 Å². The molecule has 19 heavy (non-hydrogen) atoms. The van der Waals surface area contributed by atoms with Crippen LogP contribution in [0.15, 0.2) is 11.9 Å². The lowest BCUT2D eigenvalue weighted by atomic mass is 9.85. The molecule has 2 atom stereocenters. The minimum atomic E-state index is -2.34. The zero-order chi connectivity index (χ0) is 14.0. The van der Waals surface area contributed by atoms with Crippen molar-refractivity contribution in [1.82, 2.24) is 0 Å². The van der Waals surface area contributed by atoms with Crippen LogP contribution in [0.4, 0.5) is 13.2 Å². The highest BCUT2D eigenvalue weighted by Gasteiger charge is 2.40. The monoisotopic (exact) mass is 294 g/mol. The molecule has 0 aromatic rings. The van der Waals surface area contributed by atoms with E-state index in [9.17, 15) is 22.2 Å². The van der Waals surface area contributed by atoms with Gasteiger partial charge in [-0.3, -0.25) is 9.00 Å². The molecule has 0 radical (unpaired) electrons. The largest absolute Gasteiger partial charge is 0.301 e. The van der Waals surface area contributed by atoms with E-state index in [1.807, 2.05) is 0 Å². The first-order valence-electron chi connectivity index (χ1n) is 6.60. The van der Waals surface area contributed by atoms with Gasteiger partial charge < -0.3 is 0 Å². The minimum absolute atomic E-state index is 0.0692. The van der Waals surface area contributed by atoms with E-state index in [1.165, 1.54) is 0 Å². The summed E-state index contributed by atoms with van der Waals surface area (Å²) in [5, 5.41) is 0.138. The molecule has 0 saturated carbocycles. The van der Waals surface area contributed by atoms with Crippen LogP contribution < -0.4 is 0 Å². The Labute approximate surface area is 112 Å². The maximum absolute atomic E-state index is 12.7. The number of allylic oxidation sites excluding steroid dienone is 1. The number of hydrogen-bond acceptors (Lipinski definition) is 2. The van der Waals surface area contributed by atoms with Crippen molar-refractivity contribution in [2.45, 2.75) is 55.4 Å². The zero-order valence-corrected chi connectivity index (χ0v) is 11.4. The number of fused-ring (bicyclic) bond motifs is 2. The van der Waals surface area contributed by atoms with Gasteiger partial charge in [0.1, 0.15) is 5.78 Å². The Morgan fingerprint density at radius 3 is 2.16 bits per heavy atom. The number of Topliss-reactive ketones (excluding diaryl/α,β-unsaturated/α-hetero) is 1. The molecule has 2 fully saturated rings. The van der Waals surface area contributed by atoms with Crippen molar-refractivity contribution in [1.29, 1.82) is 0 Å². The van der Waals surface area contributed by atoms with Gasteiger partial charge in [0.25, 0.3) is 0 Å². The molecule has 2 unspecified atom stereocenters. The smallest absolute Gasteiger partial charge is 0.299 e. The van der Waals surface area contributed by atoms with Crippen LogP contribution in [0.1, 0.15) is 44.9 Å². The van der Waals surface area contributed by atoms with E-state index >= 15 is 0 Å². The summed E-state index contributed by atoms with van der Waals surface area (Å²) in [7, 11) is -0.849. The van der Waals surface area contributed by atoms with Crippen LogP contribution in [-0.4, -0.2) is 20.5 Å². The maximum atomic E-state index is 12.7. The standard InChI is InChI=1S/C13H17F3O2S/c14-11(13(15)16)4-5-12(17)8-6-9-2-1-3-10(7-8)19(9)18/h8-10H,1-7H2. The zero-order valence-electron chi connectivity index (χ0n) is 10.5. The summed E-state index contributed by atoms with van der Waals surface area (Å²) in [6.45, 7) is 0. The molecule has 6 heteroatoms. The van der Waals surface area contributed by atoms with Crippen molar-refractivity contribution < 1.29 is 22.2 Å². The highest BCUT2D eigenvalue weighted by Crippen LogP contribution is 2.38. The minimum Gasteiger partial charge on any atom is -0.299 e. The number of rotatable bonds is 4. The molecule has 0 aromatic heterocycles. The first kappa shape index (κ1) is 14.8. The molecule has 0 amide bonds. The third-order valence-electron chi connectivity index (χ3n) is 4.06. The number of hydrogen-bond donors (Lipinski definition) is 0. The van der Waals surface area contributed by atoms with Gasteiger partial charge in [0.2, 0.25) is 0 Å². The Balaban J connectivity index is 1.91. The fraction of sp³-hybridized carbons (Fsp3) is 0.769. The summed E-state index contributed by atoms with van der Waals surface area (Å²) in [5.74, 6) is -1.87. The van der Waals surface area contributed by atoms with Crippen molar-refractivity contribution in [2.24, 2.45) is 5.92 Å². The molecule has 0 spiro atoms. The molecule has 0 aliphatic carbocycles. The van der Waals surface area contributed by atoms with Crippen molar-refractivity contribution in [3.8, 4) is 0 Å². The molecule has 2 bridgehead atoms. The van der Waals surface area contributed by atoms with Gasteiger partial charge >= 0.3 is 6.08 Å². The van der Waals surface area contributed by atoms with Crippen molar-refractivity contribution in [3.63, 3.8) is 0 Å². The van der Waals surface area contributed by atoms with Gasteiger partial charge in [-0.25, -0.2) is 4.39 Å². The fourth-order valence-electron chi connectivity index (χ4n) is 3.03. The number of carbonyl (C=O) groups is 1. The molecule has 2 aliphatic heterocycles. The van der Waals surface area contributed by atoms with Gasteiger partial charge in [0, 0.05) is 40.1 Å². The average Bonchev–Trinajstić information content (AvgIpc) is 2.34. The van der Waals surface area contributed by atoms with E-state index in [4.69, 9.17) is 0 Å². The molecular weight excluding hydrogens is 277 g/mol.